The van der Waals surface area contributed by atoms with E-state index in [4.69, 9.17) is 0 Å². The first kappa shape index (κ1) is 11.4. The molecule has 1 N–H and O–H groups in total. The summed E-state index contributed by atoms with van der Waals surface area (Å²) in [6, 6.07) is 4.04. The number of aliphatic hydroxyl groups is 1. The van der Waals surface area contributed by atoms with E-state index >= 15 is 0 Å². The van der Waals surface area contributed by atoms with Gasteiger partial charge in [-0.25, -0.2) is 4.98 Å². The van der Waals surface area contributed by atoms with Crippen molar-refractivity contribution in [2.24, 2.45) is 5.41 Å². The van der Waals surface area contributed by atoms with Crippen molar-refractivity contribution in [3.8, 4) is 0 Å². The molecule has 0 aromatic carbocycles. The molecule has 1 aliphatic carbocycles. The Morgan fingerprint density at radius 2 is 2.06 bits per heavy atom. The summed E-state index contributed by atoms with van der Waals surface area (Å²) in [5, 5.41) is 9.71. The van der Waals surface area contributed by atoms with Gasteiger partial charge in [0.15, 0.2) is 0 Å². The monoisotopic (exact) mass is 220 g/mol. The first-order chi connectivity index (χ1) is 7.44. The third kappa shape index (κ3) is 1.42. The first-order valence-corrected chi connectivity index (χ1v) is 5.68. The molecule has 0 saturated heterocycles. The predicted molar refractivity (Wildman–Crippen MR) is 65.7 cm³/mol. The summed E-state index contributed by atoms with van der Waals surface area (Å²) in [7, 11) is 3.98. The SMILES string of the molecule is CN(C)c1ncccc1C1(CO)CC1(C)C. The smallest absolute Gasteiger partial charge is 0.131 e. The zero-order chi connectivity index (χ0) is 12.0. The highest BCUT2D eigenvalue weighted by Crippen LogP contribution is 2.65. The quantitative estimate of drug-likeness (QED) is 0.844. The van der Waals surface area contributed by atoms with Gasteiger partial charge in [0.2, 0.25) is 0 Å². The number of anilines is 1. The third-order valence-corrected chi connectivity index (χ3v) is 3.91. The summed E-state index contributed by atoms with van der Waals surface area (Å²) < 4.78 is 0. The second kappa shape index (κ2) is 3.45. The zero-order valence-corrected chi connectivity index (χ0v) is 10.5. The Morgan fingerprint density at radius 1 is 1.44 bits per heavy atom. The Kier molecular flexibility index (Phi) is 2.46. The molecule has 0 radical (unpaired) electrons. The number of hydrogen-bond acceptors (Lipinski definition) is 3. The van der Waals surface area contributed by atoms with E-state index < -0.39 is 0 Å². The maximum absolute atomic E-state index is 9.71. The summed E-state index contributed by atoms with van der Waals surface area (Å²) in [5.41, 5.74) is 1.25. The van der Waals surface area contributed by atoms with Gasteiger partial charge >= 0.3 is 0 Å². The van der Waals surface area contributed by atoms with Crippen LogP contribution in [-0.4, -0.2) is 30.8 Å². The number of pyridine rings is 1. The lowest BCUT2D eigenvalue weighted by Crippen LogP contribution is -2.24. The van der Waals surface area contributed by atoms with Gasteiger partial charge < -0.3 is 10.0 Å². The molecule has 0 spiro atoms. The van der Waals surface area contributed by atoms with E-state index in [-0.39, 0.29) is 17.4 Å². The van der Waals surface area contributed by atoms with Gasteiger partial charge in [0, 0.05) is 31.3 Å². The fraction of sp³-hybridized carbons (Fsp3) is 0.615. The van der Waals surface area contributed by atoms with Crippen LogP contribution >= 0.6 is 0 Å². The molecule has 0 aliphatic heterocycles. The highest BCUT2D eigenvalue weighted by Gasteiger charge is 2.62. The van der Waals surface area contributed by atoms with Gasteiger partial charge in [-0.1, -0.05) is 19.9 Å². The van der Waals surface area contributed by atoms with E-state index in [0.717, 1.165) is 12.2 Å². The molecule has 0 amide bonds. The molecule has 1 aromatic heterocycles. The number of hydrogen-bond donors (Lipinski definition) is 1. The van der Waals surface area contributed by atoms with Gasteiger partial charge in [0.05, 0.1) is 6.61 Å². The summed E-state index contributed by atoms with van der Waals surface area (Å²) in [4.78, 5) is 6.43. The second-order valence-electron chi connectivity index (χ2n) is 5.57. The predicted octanol–water partition coefficient (Wildman–Crippen LogP) is 1.81. The van der Waals surface area contributed by atoms with Crippen molar-refractivity contribution < 1.29 is 5.11 Å². The summed E-state index contributed by atoms with van der Waals surface area (Å²) >= 11 is 0. The Hall–Kier alpha value is -1.09. The molecule has 1 atom stereocenters. The van der Waals surface area contributed by atoms with Gasteiger partial charge in [0.1, 0.15) is 5.82 Å². The number of nitrogens with zero attached hydrogens (tertiary/aromatic N) is 2. The second-order valence-corrected chi connectivity index (χ2v) is 5.57. The van der Waals surface area contributed by atoms with Crippen LogP contribution in [0.1, 0.15) is 25.8 Å². The Bertz CT molecular complexity index is 401. The van der Waals surface area contributed by atoms with Crippen LogP contribution in [0.3, 0.4) is 0 Å². The summed E-state index contributed by atoms with van der Waals surface area (Å²) in [6.45, 7) is 4.61. The Balaban J connectivity index is 2.49. The topological polar surface area (TPSA) is 36.4 Å². The van der Waals surface area contributed by atoms with Crippen LogP contribution < -0.4 is 4.90 Å². The lowest BCUT2D eigenvalue weighted by atomic mass is 9.89. The minimum Gasteiger partial charge on any atom is -0.395 e. The Labute approximate surface area is 97.1 Å². The molecule has 3 nitrogen and oxygen atoms in total. The van der Waals surface area contributed by atoms with Crippen molar-refractivity contribution in [3.63, 3.8) is 0 Å². The van der Waals surface area contributed by atoms with Crippen molar-refractivity contribution in [1.29, 1.82) is 0 Å². The van der Waals surface area contributed by atoms with E-state index in [2.05, 4.69) is 24.9 Å². The standard InChI is InChI=1S/C13H20N2O/c1-12(2)8-13(12,9-16)10-6-5-7-14-11(10)15(3)4/h5-7,16H,8-9H2,1-4H3. The van der Waals surface area contributed by atoms with Crippen LogP contribution in [0, 0.1) is 5.41 Å². The fourth-order valence-electron chi connectivity index (χ4n) is 2.65. The van der Waals surface area contributed by atoms with E-state index in [1.165, 1.54) is 5.56 Å². The maximum atomic E-state index is 9.71. The van der Waals surface area contributed by atoms with Crippen LogP contribution in [0.4, 0.5) is 5.82 Å². The lowest BCUT2D eigenvalue weighted by molar-refractivity contribution is 0.231. The highest BCUT2D eigenvalue weighted by atomic mass is 16.3. The third-order valence-electron chi connectivity index (χ3n) is 3.91. The molecule has 88 valence electrons. The van der Waals surface area contributed by atoms with E-state index in [1.54, 1.807) is 6.20 Å². The van der Waals surface area contributed by atoms with Gasteiger partial charge in [-0.05, 0) is 17.9 Å². The van der Waals surface area contributed by atoms with E-state index in [0.29, 0.717) is 0 Å². The zero-order valence-electron chi connectivity index (χ0n) is 10.5. The Morgan fingerprint density at radius 3 is 2.50 bits per heavy atom. The van der Waals surface area contributed by atoms with Gasteiger partial charge in [-0.2, -0.15) is 0 Å². The largest absolute Gasteiger partial charge is 0.395 e. The first-order valence-electron chi connectivity index (χ1n) is 5.68. The van der Waals surface area contributed by atoms with Crippen LogP contribution in [0.5, 0.6) is 0 Å². The van der Waals surface area contributed by atoms with Crippen molar-refractivity contribution in [2.45, 2.75) is 25.7 Å². The normalized spacial score (nSPS) is 26.6. The van der Waals surface area contributed by atoms with Crippen molar-refractivity contribution in [1.82, 2.24) is 4.98 Å². The molecule has 1 fully saturated rings. The maximum Gasteiger partial charge on any atom is 0.131 e. The molecule has 16 heavy (non-hydrogen) atoms. The van der Waals surface area contributed by atoms with Crippen molar-refractivity contribution >= 4 is 5.82 Å². The molecule has 2 rings (SSSR count). The molecular weight excluding hydrogens is 200 g/mol. The number of rotatable bonds is 3. The number of aliphatic hydroxyl groups excluding tert-OH is 1. The minimum absolute atomic E-state index is 0.0964. The fourth-order valence-corrected chi connectivity index (χ4v) is 2.65. The van der Waals surface area contributed by atoms with E-state index in [1.807, 2.05) is 25.1 Å². The molecular formula is C13H20N2O. The van der Waals surface area contributed by atoms with Crippen LogP contribution in [0.15, 0.2) is 18.3 Å². The molecule has 3 heteroatoms. The average molecular weight is 220 g/mol. The molecule has 1 saturated carbocycles. The molecule has 1 unspecified atom stereocenters. The van der Waals surface area contributed by atoms with Crippen molar-refractivity contribution in [3.05, 3.63) is 23.9 Å². The van der Waals surface area contributed by atoms with E-state index in [9.17, 15) is 5.11 Å². The van der Waals surface area contributed by atoms with Gasteiger partial charge in [0.25, 0.3) is 0 Å². The summed E-state index contributed by atoms with van der Waals surface area (Å²) in [5.74, 6) is 0.974. The molecule has 1 heterocycles. The van der Waals surface area contributed by atoms with Crippen LogP contribution in [0.25, 0.3) is 0 Å². The molecule has 0 bridgehead atoms. The van der Waals surface area contributed by atoms with Crippen molar-refractivity contribution in [2.75, 3.05) is 25.6 Å². The molecule has 1 aliphatic rings. The lowest BCUT2D eigenvalue weighted by Gasteiger charge is -2.24. The van der Waals surface area contributed by atoms with Crippen LogP contribution in [-0.2, 0) is 5.41 Å². The summed E-state index contributed by atoms with van der Waals surface area (Å²) in [6.07, 6.45) is 2.84. The highest BCUT2D eigenvalue weighted by molar-refractivity contribution is 5.54. The minimum atomic E-state index is -0.0964. The van der Waals surface area contributed by atoms with Crippen LogP contribution in [0.2, 0.25) is 0 Å². The number of aromatic nitrogens is 1. The van der Waals surface area contributed by atoms with Gasteiger partial charge in [-0.3, -0.25) is 0 Å². The average Bonchev–Trinajstić information content (AvgIpc) is 2.82. The molecule has 1 aromatic rings. The van der Waals surface area contributed by atoms with Gasteiger partial charge in [-0.15, -0.1) is 0 Å².